The zero-order valence-corrected chi connectivity index (χ0v) is 12.1. The molecule has 20 heavy (non-hydrogen) atoms. The first-order valence-corrected chi connectivity index (χ1v) is 7.60. The molecule has 2 fully saturated rings. The summed E-state index contributed by atoms with van der Waals surface area (Å²) in [5, 5.41) is 3.35. The molecular weight excluding hydrogens is 250 g/mol. The molecule has 1 aromatic rings. The Labute approximate surface area is 120 Å². The summed E-state index contributed by atoms with van der Waals surface area (Å²) in [6.07, 6.45) is 7.85. The lowest BCUT2D eigenvalue weighted by atomic mass is 9.79. The van der Waals surface area contributed by atoms with E-state index in [0.717, 1.165) is 44.3 Å². The molecule has 4 nitrogen and oxygen atoms in total. The fourth-order valence-electron chi connectivity index (χ4n) is 2.98. The molecule has 1 saturated carbocycles. The van der Waals surface area contributed by atoms with Crippen LogP contribution in [-0.2, 0) is 11.3 Å². The Kier molecular flexibility index (Phi) is 3.74. The molecular formula is C16H23N3O. The van der Waals surface area contributed by atoms with E-state index in [4.69, 9.17) is 0 Å². The summed E-state index contributed by atoms with van der Waals surface area (Å²) in [7, 11) is 0. The van der Waals surface area contributed by atoms with Gasteiger partial charge >= 0.3 is 0 Å². The van der Waals surface area contributed by atoms with Crippen molar-refractivity contribution in [2.75, 3.05) is 13.1 Å². The SMILES string of the molecule is CC1(C(=O)N(Cc2cccnc2)C2CC2)CCNCC1. The van der Waals surface area contributed by atoms with Crippen molar-refractivity contribution in [3.8, 4) is 0 Å². The molecule has 1 aromatic heterocycles. The Morgan fingerprint density at radius 2 is 2.20 bits per heavy atom. The van der Waals surface area contributed by atoms with Crippen LogP contribution < -0.4 is 5.32 Å². The maximum Gasteiger partial charge on any atom is 0.229 e. The van der Waals surface area contributed by atoms with Gasteiger partial charge in [-0.3, -0.25) is 9.78 Å². The van der Waals surface area contributed by atoms with Gasteiger partial charge in [-0.2, -0.15) is 0 Å². The molecule has 4 heteroatoms. The van der Waals surface area contributed by atoms with Crippen molar-refractivity contribution in [1.82, 2.24) is 15.2 Å². The second-order valence-electron chi connectivity index (χ2n) is 6.34. The quantitative estimate of drug-likeness (QED) is 0.912. The minimum absolute atomic E-state index is 0.184. The third kappa shape index (κ3) is 2.85. The van der Waals surface area contributed by atoms with Gasteiger partial charge in [-0.25, -0.2) is 0 Å². The molecule has 1 N–H and O–H groups in total. The molecule has 0 unspecified atom stereocenters. The standard InChI is InChI=1S/C16H23N3O/c1-16(6-9-17-10-7-16)15(20)19(14-4-5-14)12-13-3-2-8-18-11-13/h2-3,8,11,14,17H,4-7,9-10,12H2,1H3. The molecule has 108 valence electrons. The topological polar surface area (TPSA) is 45.2 Å². The number of carbonyl (C=O) groups excluding carboxylic acids is 1. The average molecular weight is 273 g/mol. The van der Waals surface area contributed by atoms with Gasteiger partial charge in [0.05, 0.1) is 0 Å². The Morgan fingerprint density at radius 1 is 1.45 bits per heavy atom. The molecule has 0 radical (unpaired) electrons. The van der Waals surface area contributed by atoms with Crippen LogP contribution >= 0.6 is 0 Å². The Balaban J connectivity index is 1.75. The summed E-state index contributed by atoms with van der Waals surface area (Å²) < 4.78 is 0. The van der Waals surface area contributed by atoms with Gasteiger partial charge in [0.15, 0.2) is 0 Å². The number of nitrogens with zero attached hydrogens (tertiary/aromatic N) is 2. The third-order valence-electron chi connectivity index (χ3n) is 4.55. The first-order valence-electron chi connectivity index (χ1n) is 7.60. The summed E-state index contributed by atoms with van der Waals surface area (Å²) in [5.41, 5.74) is 0.945. The zero-order chi connectivity index (χ0) is 14.0. The van der Waals surface area contributed by atoms with E-state index >= 15 is 0 Å². The predicted octanol–water partition coefficient (Wildman–Crippen LogP) is 1.96. The number of amides is 1. The van der Waals surface area contributed by atoms with E-state index in [9.17, 15) is 4.79 Å². The van der Waals surface area contributed by atoms with Gasteiger partial charge in [0, 0.05) is 30.4 Å². The van der Waals surface area contributed by atoms with Gasteiger partial charge in [0.25, 0.3) is 0 Å². The van der Waals surface area contributed by atoms with Crippen LogP contribution in [-0.4, -0.2) is 34.9 Å². The molecule has 3 rings (SSSR count). The van der Waals surface area contributed by atoms with E-state index in [2.05, 4.69) is 28.2 Å². The zero-order valence-electron chi connectivity index (χ0n) is 12.1. The highest BCUT2D eigenvalue weighted by Gasteiger charge is 2.42. The molecule has 2 heterocycles. The molecule has 0 spiro atoms. The van der Waals surface area contributed by atoms with Gasteiger partial charge < -0.3 is 10.2 Å². The van der Waals surface area contributed by atoms with E-state index in [1.54, 1.807) is 6.20 Å². The number of nitrogens with one attached hydrogen (secondary N) is 1. The monoisotopic (exact) mass is 273 g/mol. The normalized spacial score (nSPS) is 21.4. The molecule has 0 aromatic carbocycles. The molecule has 0 bridgehead atoms. The average Bonchev–Trinajstić information content (AvgIpc) is 3.30. The van der Waals surface area contributed by atoms with Crippen LogP contribution in [0.3, 0.4) is 0 Å². The molecule has 0 atom stereocenters. The van der Waals surface area contributed by atoms with Crippen molar-refractivity contribution in [3.05, 3.63) is 30.1 Å². The molecule has 2 aliphatic rings. The second-order valence-corrected chi connectivity index (χ2v) is 6.34. The fourth-order valence-corrected chi connectivity index (χ4v) is 2.98. The van der Waals surface area contributed by atoms with Crippen molar-refractivity contribution in [2.45, 2.75) is 45.2 Å². The van der Waals surface area contributed by atoms with E-state index in [1.807, 2.05) is 12.3 Å². The Hall–Kier alpha value is -1.42. The van der Waals surface area contributed by atoms with E-state index in [1.165, 1.54) is 0 Å². The maximum absolute atomic E-state index is 13.0. The van der Waals surface area contributed by atoms with Crippen LogP contribution in [0.5, 0.6) is 0 Å². The second kappa shape index (κ2) is 5.52. The van der Waals surface area contributed by atoms with Crippen LogP contribution in [0.25, 0.3) is 0 Å². The van der Waals surface area contributed by atoms with Gasteiger partial charge in [-0.05, 0) is 50.4 Å². The largest absolute Gasteiger partial charge is 0.335 e. The van der Waals surface area contributed by atoms with Crippen molar-refractivity contribution < 1.29 is 4.79 Å². The van der Waals surface area contributed by atoms with Crippen LogP contribution in [0.15, 0.2) is 24.5 Å². The van der Waals surface area contributed by atoms with Gasteiger partial charge in [0.2, 0.25) is 5.91 Å². The summed E-state index contributed by atoms with van der Waals surface area (Å²) in [5.74, 6) is 0.338. The highest BCUT2D eigenvalue weighted by molar-refractivity contribution is 5.83. The smallest absolute Gasteiger partial charge is 0.229 e. The van der Waals surface area contributed by atoms with Crippen LogP contribution in [0.4, 0.5) is 0 Å². The van der Waals surface area contributed by atoms with Crippen LogP contribution in [0.2, 0.25) is 0 Å². The number of rotatable bonds is 4. The summed E-state index contributed by atoms with van der Waals surface area (Å²) >= 11 is 0. The van der Waals surface area contributed by atoms with Gasteiger partial charge in [0.1, 0.15) is 0 Å². The number of aromatic nitrogens is 1. The highest BCUT2D eigenvalue weighted by Crippen LogP contribution is 2.36. The number of carbonyl (C=O) groups is 1. The summed E-state index contributed by atoms with van der Waals surface area (Å²) in [6, 6.07) is 4.45. The highest BCUT2D eigenvalue weighted by atomic mass is 16.2. The number of hydrogen-bond acceptors (Lipinski definition) is 3. The minimum Gasteiger partial charge on any atom is -0.335 e. The van der Waals surface area contributed by atoms with Crippen LogP contribution in [0.1, 0.15) is 38.2 Å². The van der Waals surface area contributed by atoms with Crippen LogP contribution in [0, 0.1) is 5.41 Å². The fraction of sp³-hybridized carbons (Fsp3) is 0.625. The number of piperidine rings is 1. The van der Waals surface area contributed by atoms with Crippen molar-refractivity contribution in [2.24, 2.45) is 5.41 Å². The predicted molar refractivity (Wildman–Crippen MR) is 78.0 cm³/mol. The Bertz CT molecular complexity index is 464. The summed E-state index contributed by atoms with van der Waals surface area (Å²) in [6.45, 7) is 4.75. The van der Waals surface area contributed by atoms with Gasteiger partial charge in [-0.1, -0.05) is 13.0 Å². The molecule has 1 aliphatic heterocycles. The van der Waals surface area contributed by atoms with Gasteiger partial charge in [-0.15, -0.1) is 0 Å². The Morgan fingerprint density at radius 3 is 2.80 bits per heavy atom. The molecule has 1 aliphatic carbocycles. The summed E-state index contributed by atoms with van der Waals surface area (Å²) in [4.78, 5) is 19.2. The lowest BCUT2D eigenvalue weighted by Crippen LogP contribution is -2.48. The maximum atomic E-state index is 13.0. The number of pyridine rings is 1. The van der Waals surface area contributed by atoms with E-state index in [0.29, 0.717) is 18.5 Å². The third-order valence-corrected chi connectivity index (χ3v) is 4.55. The first kappa shape index (κ1) is 13.6. The minimum atomic E-state index is -0.184. The molecule has 1 saturated heterocycles. The van der Waals surface area contributed by atoms with E-state index < -0.39 is 0 Å². The van der Waals surface area contributed by atoms with Crippen molar-refractivity contribution >= 4 is 5.91 Å². The van der Waals surface area contributed by atoms with Crippen molar-refractivity contribution in [1.29, 1.82) is 0 Å². The first-order chi connectivity index (χ1) is 9.69. The lowest BCUT2D eigenvalue weighted by molar-refractivity contribution is -0.144. The molecule has 1 amide bonds. The lowest BCUT2D eigenvalue weighted by Gasteiger charge is -2.37. The van der Waals surface area contributed by atoms with Crippen molar-refractivity contribution in [3.63, 3.8) is 0 Å². The number of hydrogen-bond donors (Lipinski definition) is 1. The van der Waals surface area contributed by atoms with E-state index in [-0.39, 0.29) is 5.41 Å².